The van der Waals surface area contributed by atoms with Gasteiger partial charge in [-0.3, -0.25) is 14.4 Å². The normalized spacial score (nSPS) is 37.2. The highest BCUT2D eigenvalue weighted by Gasteiger charge is 2.90. The van der Waals surface area contributed by atoms with Crippen molar-refractivity contribution >= 4 is 17.7 Å². The van der Waals surface area contributed by atoms with Crippen molar-refractivity contribution < 1.29 is 53.0 Å². The summed E-state index contributed by atoms with van der Waals surface area (Å²) < 4.78 is 39.5. The molecule has 12 atom stereocenters. The van der Waals surface area contributed by atoms with Gasteiger partial charge in [0.2, 0.25) is 0 Å². The SMILES string of the molecule is C=C(C)[C@]12O[C@]3(/C=C/C=C/CCCCCCCCC)O[C@H]1[C@@H]1[C@H]4O[C@@]4(COC(=O)CCCCCCCCCCCCCCC)[C@@H](O)[C@@]4(O)C(=O)C(C)=C[C@H]4[C@]1(O3)[C@@H](C)[C@@H]2OC(C)=O. The molecule has 0 radical (unpaired) electrons. The Balaban J connectivity index is 1.18. The lowest BCUT2D eigenvalue weighted by Crippen LogP contribution is -2.76. The van der Waals surface area contributed by atoms with Crippen LogP contribution >= 0.6 is 0 Å². The molecular weight excluding hydrogens is 801 g/mol. The van der Waals surface area contributed by atoms with Gasteiger partial charge in [0.05, 0.1) is 5.60 Å². The first-order chi connectivity index (χ1) is 30.2. The molecular formula is C52H80O11. The molecule has 6 aliphatic rings. The number of carbonyl (C=O) groups excluding carboxylic acids is 3. The van der Waals surface area contributed by atoms with Crippen LogP contribution < -0.4 is 0 Å². The first-order valence-electron chi connectivity index (χ1n) is 24.9. The first kappa shape index (κ1) is 49.8. The van der Waals surface area contributed by atoms with Gasteiger partial charge in [-0.1, -0.05) is 167 Å². The lowest BCUT2D eigenvalue weighted by molar-refractivity contribution is -0.407. The number of carbonyl (C=O) groups is 3. The number of hydrogen-bond acceptors (Lipinski definition) is 11. The van der Waals surface area contributed by atoms with E-state index in [1.54, 1.807) is 26.0 Å². The second-order valence-corrected chi connectivity index (χ2v) is 19.8. The maximum absolute atomic E-state index is 14.3. The number of aliphatic hydroxyl groups excluding tert-OH is 1. The molecule has 0 aromatic rings. The predicted molar refractivity (Wildman–Crippen MR) is 241 cm³/mol. The van der Waals surface area contributed by atoms with E-state index < -0.39 is 88.3 Å². The van der Waals surface area contributed by atoms with Crippen molar-refractivity contribution in [1.29, 1.82) is 0 Å². The van der Waals surface area contributed by atoms with Gasteiger partial charge in [-0.05, 0) is 44.3 Å². The topological polar surface area (TPSA) is 150 Å². The van der Waals surface area contributed by atoms with Crippen molar-refractivity contribution in [2.45, 2.75) is 236 Å². The highest BCUT2D eigenvalue weighted by Crippen LogP contribution is 2.73. The summed E-state index contributed by atoms with van der Waals surface area (Å²) in [6.07, 6.45) is 29.7. The van der Waals surface area contributed by atoms with Crippen LogP contribution in [0.3, 0.4) is 0 Å². The summed E-state index contributed by atoms with van der Waals surface area (Å²) in [7, 11) is 0. The molecule has 2 saturated carbocycles. The fourth-order valence-corrected chi connectivity index (χ4v) is 11.9. The maximum atomic E-state index is 14.3. The molecule has 11 heteroatoms. The standard InChI is InChI=1S/C52H80O11/c1-8-10-12-14-16-18-20-21-22-24-26-28-30-32-41(54)58-35-48-45(60-48)42-46-51(36(3)4)44(59-39(7)53)38(6)52(42,40-34-37(5)43(55)50(40,57)47(48)56)63-49(61-46,62-51)33-31-29-27-25-23-19-17-15-13-11-9-2/h27,29,31,33-34,38,40,42,44-47,56-57H,3,8-26,28,30,32,35H2,1-2,4-7H3/b29-27+,33-31+/t38-,40+,42-,44-,45+,46-,47+,48+,49-,50-,51+,52+/m0/s1. The highest BCUT2D eigenvalue weighted by atomic mass is 16.9. The average molecular weight is 881 g/mol. The monoisotopic (exact) mass is 881 g/mol. The fraction of sp³-hybridized carbons (Fsp3) is 0.788. The number of rotatable bonds is 28. The van der Waals surface area contributed by atoms with Crippen molar-refractivity contribution in [3.8, 4) is 0 Å². The van der Waals surface area contributed by atoms with E-state index in [0.29, 0.717) is 12.0 Å². The molecule has 0 spiro atoms. The zero-order valence-electron chi connectivity index (χ0n) is 39.5. The highest BCUT2D eigenvalue weighted by molar-refractivity contribution is 6.05. The molecule has 0 aromatic carbocycles. The molecule has 5 fully saturated rings. The summed E-state index contributed by atoms with van der Waals surface area (Å²) in [6.45, 7) is 15.0. The summed E-state index contributed by atoms with van der Waals surface area (Å²) in [5.41, 5.74) is -6.31. The number of allylic oxidation sites excluding steroid dienone is 3. The molecule has 3 bridgehead atoms. The van der Waals surface area contributed by atoms with E-state index in [2.05, 4.69) is 26.5 Å². The minimum Gasteiger partial charge on any atom is -0.462 e. The molecule has 0 unspecified atom stereocenters. The molecule has 3 heterocycles. The molecule has 63 heavy (non-hydrogen) atoms. The molecule has 3 aliphatic heterocycles. The Bertz CT molecular complexity index is 1700. The zero-order chi connectivity index (χ0) is 45.5. The number of esters is 2. The number of ketones is 1. The van der Waals surface area contributed by atoms with Crippen molar-refractivity contribution in [3.63, 3.8) is 0 Å². The number of aliphatic hydroxyl groups is 2. The molecule has 3 saturated heterocycles. The summed E-state index contributed by atoms with van der Waals surface area (Å²) in [5.74, 6) is -6.18. The van der Waals surface area contributed by atoms with Crippen LogP contribution in [0.25, 0.3) is 0 Å². The van der Waals surface area contributed by atoms with Crippen LogP contribution in [0, 0.1) is 17.8 Å². The van der Waals surface area contributed by atoms with Gasteiger partial charge in [0.15, 0.2) is 22.6 Å². The Hall–Kier alpha value is -2.67. The second kappa shape index (κ2) is 21.3. The van der Waals surface area contributed by atoms with Crippen molar-refractivity contribution in [3.05, 3.63) is 48.1 Å². The number of ether oxygens (including phenoxy) is 6. The summed E-state index contributed by atoms with van der Waals surface area (Å²) in [6, 6.07) is 0. The molecule has 354 valence electrons. The van der Waals surface area contributed by atoms with E-state index >= 15 is 0 Å². The number of hydrogen-bond donors (Lipinski definition) is 2. The van der Waals surface area contributed by atoms with Crippen LogP contribution in [-0.4, -0.2) is 87.3 Å². The quantitative estimate of drug-likeness (QED) is 0.0254. The Kier molecular flexibility index (Phi) is 16.8. The van der Waals surface area contributed by atoms with E-state index in [4.69, 9.17) is 28.4 Å². The van der Waals surface area contributed by atoms with Gasteiger partial charge >= 0.3 is 17.9 Å². The van der Waals surface area contributed by atoms with Crippen molar-refractivity contribution in [2.24, 2.45) is 17.8 Å². The van der Waals surface area contributed by atoms with E-state index in [0.717, 1.165) is 32.1 Å². The molecule has 11 nitrogen and oxygen atoms in total. The van der Waals surface area contributed by atoms with Crippen LogP contribution in [0.1, 0.15) is 183 Å². The van der Waals surface area contributed by atoms with Crippen LogP contribution in [0.15, 0.2) is 48.1 Å². The number of unbranched alkanes of at least 4 members (excludes halogenated alkanes) is 19. The lowest BCUT2D eigenvalue weighted by atomic mass is 9.53. The van der Waals surface area contributed by atoms with Crippen molar-refractivity contribution in [2.75, 3.05) is 6.61 Å². The molecule has 2 N–H and O–H groups in total. The lowest BCUT2D eigenvalue weighted by Gasteiger charge is -2.61. The Morgan fingerprint density at radius 2 is 1.38 bits per heavy atom. The summed E-state index contributed by atoms with van der Waals surface area (Å²) in [5, 5.41) is 25.2. The molecule has 0 aromatic heterocycles. The number of fused-ring (bicyclic) bond motifs is 3. The van der Waals surface area contributed by atoms with E-state index in [1.165, 1.54) is 103 Å². The zero-order valence-corrected chi connectivity index (χ0v) is 39.5. The van der Waals surface area contributed by atoms with Gasteiger partial charge in [0.25, 0.3) is 0 Å². The second-order valence-electron chi connectivity index (χ2n) is 19.8. The molecule has 6 rings (SSSR count). The first-order valence-corrected chi connectivity index (χ1v) is 24.9. The third-order valence-electron chi connectivity index (χ3n) is 15.3. The Labute approximate surface area is 377 Å². The van der Waals surface area contributed by atoms with E-state index in [9.17, 15) is 24.6 Å². The molecule has 0 amide bonds. The average Bonchev–Trinajstić information content (AvgIpc) is 3.86. The third kappa shape index (κ3) is 9.63. The van der Waals surface area contributed by atoms with Gasteiger partial charge < -0.3 is 38.6 Å². The minimum absolute atomic E-state index is 0.208. The Morgan fingerprint density at radius 1 is 0.810 bits per heavy atom. The van der Waals surface area contributed by atoms with Crippen LogP contribution in [0.4, 0.5) is 0 Å². The molecule has 3 aliphatic carbocycles. The van der Waals surface area contributed by atoms with Crippen LogP contribution in [0.5, 0.6) is 0 Å². The van der Waals surface area contributed by atoms with Crippen LogP contribution in [0.2, 0.25) is 0 Å². The summed E-state index contributed by atoms with van der Waals surface area (Å²) in [4.78, 5) is 40.5. The maximum Gasteiger partial charge on any atom is 0.307 e. The van der Waals surface area contributed by atoms with Gasteiger partial charge in [-0.2, -0.15) is 0 Å². The van der Waals surface area contributed by atoms with Gasteiger partial charge in [-0.15, -0.1) is 0 Å². The van der Waals surface area contributed by atoms with Gasteiger partial charge in [-0.25, -0.2) is 0 Å². The van der Waals surface area contributed by atoms with Crippen LogP contribution in [-0.2, 0) is 42.8 Å². The number of Topliss-reactive ketones (excluding diaryl/α,β-unsaturated/α-hetero) is 1. The summed E-state index contributed by atoms with van der Waals surface area (Å²) >= 11 is 0. The largest absolute Gasteiger partial charge is 0.462 e. The minimum atomic E-state index is -2.44. The van der Waals surface area contributed by atoms with Gasteiger partial charge in [0, 0.05) is 37.2 Å². The smallest absolute Gasteiger partial charge is 0.307 e. The Morgan fingerprint density at radius 3 is 1.95 bits per heavy atom. The third-order valence-corrected chi connectivity index (χ3v) is 15.3. The number of epoxide rings is 1. The van der Waals surface area contributed by atoms with Gasteiger partial charge in [0.1, 0.15) is 31.0 Å². The van der Waals surface area contributed by atoms with Crippen molar-refractivity contribution in [1.82, 2.24) is 0 Å². The predicted octanol–water partition coefficient (Wildman–Crippen LogP) is 10.0. The van der Waals surface area contributed by atoms with E-state index in [-0.39, 0.29) is 18.6 Å². The van der Waals surface area contributed by atoms with E-state index in [1.807, 2.05) is 19.1 Å². The fourth-order valence-electron chi connectivity index (χ4n) is 11.9.